The first-order valence-corrected chi connectivity index (χ1v) is 7.57. The van der Waals surface area contributed by atoms with Crippen LogP contribution in [0.25, 0.3) is 0 Å². The largest absolute Gasteiger partial charge is 0.480 e. The highest BCUT2D eigenvalue weighted by Crippen LogP contribution is 2.46. The molecule has 3 nitrogen and oxygen atoms in total. The summed E-state index contributed by atoms with van der Waals surface area (Å²) < 4.78 is 0. The lowest BCUT2D eigenvalue weighted by Crippen LogP contribution is -2.67. The molecule has 1 spiro atoms. The molecule has 2 aliphatic rings. The molecule has 18 heavy (non-hydrogen) atoms. The number of carbonyl (C=O) groups is 1. The average Bonchev–Trinajstić information content (AvgIpc) is 2.56. The zero-order valence-electron chi connectivity index (χ0n) is 11.9. The minimum Gasteiger partial charge on any atom is -0.480 e. The Morgan fingerprint density at radius 2 is 1.61 bits per heavy atom. The molecule has 0 atom stereocenters. The van der Waals surface area contributed by atoms with E-state index in [4.69, 9.17) is 0 Å². The highest BCUT2D eigenvalue weighted by atomic mass is 16.4. The van der Waals surface area contributed by atoms with Crippen LogP contribution in [0.1, 0.15) is 65.2 Å². The fraction of sp³-hybridized carbons (Fsp3) is 0.933. The van der Waals surface area contributed by atoms with Crippen LogP contribution in [-0.4, -0.2) is 34.6 Å². The van der Waals surface area contributed by atoms with Crippen molar-refractivity contribution in [3.8, 4) is 0 Å². The van der Waals surface area contributed by atoms with Crippen molar-refractivity contribution < 1.29 is 9.90 Å². The number of likely N-dealkylation sites (tertiary alicyclic amines) is 1. The molecule has 0 aromatic heterocycles. The molecule has 1 saturated heterocycles. The SMILES string of the molecule is CCC(CC)(C(=O)O)N1CC2(CCCCCC2)C1. The first-order chi connectivity index (χ1) is 8.58. The van der Waals surface area contributed by atoms with Gasteiger partial charge in [-0.25, -0.2) is 0 Å². The number of carboxylic acid groups (broad SMARTS) is 1. The highest BCUT2D eigenvalue weighted by molar-refractivity contribution is 5.78. The van der Waals surface area contributed by atoms with E-state index in [1.165, 1.54) is 38.5 Å². The summed E-state index contributed by atoms with van der Waals surface area (Å²) >= 11 is 0. The van der Waals surface area contributed by atoms with Gasteiger partial charge in [0.1, 0.15) is 5.54 Å². The van der Waals surface area contributed by atoms with Crippen molar-refractivity contribution in [3.05, 3.63) is 0 Å². The Hall–Kier alpha value is -0.570. The molecule has 1 heterocycles. The maximum atomic E-state index is 11.6. The molecule has 104 valence electrons. The first kappa shape index (κ1) is 13.9. The molecule has 0 bridgehead atoms. The number of rotatable bonds is 4. The van der Waals surface area contributed by atoms with E-state index in [0.29, 0.717) is 5.41 Å². The van der Waals surface area contributed by atoms with Crippen LogP contribution in [-0.2, 0) is 4.79 Å². The van der Waals surface area contributed by atoms with Crippen molar-refractivity contribution in [2.45, 2.75) is 70.8 Å². The summed E-state index contributed by atoms with van der Waals surface area (Å²) in [6.45, 7) is 6.05. The van der Waals surface area contributed by atoms with Gasteiger partial charge in [-0.05, 0) is 31.1 Å². The number of aliphatic carboxylic acids is 1. The zero-order valence-corrected chi connectivity index (χ0v) is 11.9. The second kappa shape index (κ2) is 5.20. The molecule has 2 rings (SSSR count). The van der Waals surface area contributed by atoms with Crippen LogP contribution >= 0.6 is 0 Å². The van der Waals surface area contributed by atoms with Crippen molar-refractivity contribution in [1.29, 1.82) is 0 Å². The van der Waals surface area contributed by atoms with Gasteiger partial charge in [0.05, 0.1) is 0 Å². The lowest BCUT2D eigenvalue weighted by molar-refractivity contribution is -0.165. The van der Waals surface area contributed by atoms with Crippen molar-refractivity contribution in [3.63, 3.8) is 0 Å². The van der Waals surface area contributed by atoms with Crippen LogP contribution in [0.15, 0.2) is 0 Å². The predicted octanol–water partition coefficient (Wildman–Crippen LogP) is 3.29. The molecular weight excluding hydrogens is 226 g/mol. The van der Waals surface area contributed by atoms with Gasteiger partial charge in [0.2, 0.25) is 0 Å². The molecule has 3 heteroatoms. The smallest absolute Gasteiger partial charge is 0.324 e. The van der Waals surface area contributed by atoms with Gasteiger partial charge in [-0.1, -0.05) is 39.5 Å². The average molecular weight is 253 g/mol. The molecule has 1 aliphatic carbocycles. The molecule has 1 N–H and O–H groups in total. The normalized spacial score (nSPS) is 24.6. The van der Waals surface area contributed by atoms with E-state index in [1.807, 2.05) is 13.8 Å². The van der Waals surface area contributed by atoms with Gasteiger partial charge >= 0.3 is 5.97 Å². The summed E-state index contributed by atoms with van der Waals surface area (Å²) in [7, 11) is 0. The minimum absolute atomic E-state index is 0.460. The Kier molecular flexibility index (Phi) is 4.00. The molecule has 1 saturated carbocycles. The van der Waals surface area contributed by atoms with Crippen molar-refractivity contribution in [2.75, 3.05) is 13.1 Å². The van der Waals surface area contributed by atoms with Crippen LogP contribution in [0.2, 0.25) is 0 Å². The third-order valence-electron chi connectivity index (χ3n) is 5.39. The topological polar surface area (TPSA) is 40.5 Å². The lowest BCUT2D eigenvalue weighted by atomic mass is 9.70. The van der Waals surface area contributed by atoms with Gasteiger partial charge in [-0.2, -0.15) is 0 Å². The maximum Gasteiger partial charge on any atom is 0.324 e. The molecule has 0 unspecified atom stereocenters. The van der Waals surface area contributed by atoms with Gasteiger partial charge in [0.25, 0.3) is 0 Å². The quantitative estimate of drug-likeness (QED) is 0.836. The Bertz CT molecular complexity index is 294. The Morgan fingerprint density at radius 1 is 1.11 bits per heavy atom. The number of carboxylic acids is 1. The molecular formula is C15H27NO2. The van der Waals surface area contributed by atoms with Crippen LogP contribution in [0.4, 0.5) is 0 Å². The van der Waals surface area contributed by atoms with E-state index < -0.39 is 11.5 Å². The zero-order chi connectivity index (χ0) is 13.2. The van der Waals surface area contributed by atoms with Crippen LogP contribution in [0, 0.1) is 5.41 Å². The summed E-state index contributed by atoms with van der Waals surface area (Å²) in [4.78, 5) is 13.9. The fourth-order valence-corrected chi connectivity index (χ4v) is 4.00. The lowest BCUT2D eigenvalue weighted by Gasteiger charge is -2.57. The number of hydrogen-bond donors (Lipinski definition) is 1. The van der Waals surface area contributed by atoms with E-state index in [9.17, 15) is 9.90 Å². The molecule has 2 fully saturated rings. The number of hydrogen-bond acceptors (Lipinski definition) is 2. The highest BCUT2D eigenvalue weighted by Gasteiger charge is 2.52. The standard InChI is InChI=1S/C15H27NO2/c1-3-15(4-2,13(17)18)16-11-14(12-16)9-7-5-6-8-10-14/h3-12H2,1-2H3,(H,17,18). The van der Waals surface area contributed by atoms with E-state index >= 15 is 0 Å². The van der Waals surface area contributed by atoms with Crippen molar-refractivity contribution in [2.24, 2.45) is 5.41 Å². The Morgan fingerprint density at radius 3 is 2.00 bits per heavy atom. The van der Waals surface area contributed by atoms with Crippen LogP contribution in [0.3, 0.4) is 0 Å². The van der Waals surface area contributed by atoms with Crippen LogP contribution < -0.4 is 0 Å². The van der Waals surface area contributed by atoms with E-state index in [1.54, 1.807) is 0 Å². The second-order valence-electron chi connectivity index (χ2n) is 6.31. The van der Waals surface area contributed by atoms with Gasteiger partial charge in [-0.15, -0.1) is 0 Å². The first-order valence-electron chi connectivity index (χ1n) is 7.57. The van der Waals surface area contributed by atoms with E-state index in [-0.39, 0.29) is 0 Å². The van der Waals surface area contributed by atoms with Gasteiger partial charge in [0.15, 0.2) is 0 Å². The van der Waals surface area contributed by atoms with Gasteiger partial charge in [0, 0.05) is 13.1 Å². The second-order valence-corrected chi connectivity index (χ2v) is 6.31. The Balaban J connectivity index is 2.03. The minimum atomic E-state index is -0.629. The Labute approximate surface area is 111 Å². The van der Waals surface area contributed by atoms with E-state index in [0.717, 1.165) is 25.9 Å². The van der Waals surface area contributed by atoms with Gasteiger partial charge in [-0.3, -0.25) is 9.69 Å². The molecule has 0 radical (unpaired) electrons. The van der Waals surface area contributed by atoms with E-state index in [2.05, 4.69) is 4.90 Å². The van der Waals surface area contributed by atoms with Crippen molar-refractivity contribution >= 4 is 5.97 Å². The van der Waals surface area contributed by atoms with Crippen LogP contribution in [0.5, 0.6) is 0 Å². The summed E-state index contributed by atoms with van der Waals surface area (Å²) in [5.41, 5.74) is -0.140. The third kappa shape index (κ3) is 2.18. The monoisotopic (exact) mass is 253 g/mol. The predicted molar refractivity (Wildman–Crippen MR) is 72.7 cm³/mol. The molecule has 0 aromatic rings. The van der Waals surface area contributed by atoms with Gasteiger partial charge < -0.3 is 5.11 Å². The summed E-state index contributed by atoms with van der Waals surface area (Å²) in [6.07, 6.45) is 9.47. The maximum absolute atomic E-state index is 11.6. The third-order valence-corrected chi connectivity index (χ3v) is 5.39. The number of nitrogens with zero attached hydrogens (tertiary/aromatic N) is 1. The molecule has 0 aromatic carbocycles. The van der Waals surface area contributed by atoms with Crippen molar-refractivity contribution in [1.82, 2.24) is 4.90 Å². The fourth-order valence-electron chi connectivity index (χ4n) is 4.00. The molecule has 1 aliphatic heterocycles. The summed E-state index contributed by atoms with van der Waals surface area (Å²) in [5.74, 6) is -0.629. The summed E-state index contributed by atoms with van der Waals surface area (Å²) in [5, 5.41) is 9.56. The summed E-state index contributed by atoms with van der Waals surface area (Å²) in [6, 6.07) is 0. The molecule has 0 amide bonds.